The van der Waals surface area contributed by atoms with Crippen LogP contribution < -0.4 is 0 Å². The Hall–Kier alpha value is -1.15. The molecule has 0 unspecified atom stereocenters. The number of aryl methyl sites for hydroxylation is 2. The summed E-state index contributed by atoms with van der Waals surface area (Å²) >= 11 is 0. The summed E-state index contributed by atoms with van der Waals surface area (Å²) in [6, 6.07) is 5.99. The van der Waals surface area contributed by atoms with Crippen molar-refractivity contribution < 1.29 is 4.79 Å². The molecule has 2 nitrogen and oxygen atoms in total. The second kappa shape index (κ2) is 11.3. The van der Waals surface area contributed by atoms with E-state index in [4.69, 9.17) is 0 Å². The van der Waals surface area contributed by atoms with Crippen LogP contribution in [0.5, 0.6) is 0 Å². The number of aldehydes is 1. The Morgan fingerprint density at radius 2 is 1.65 bits per heavy atom. The van der Waals surface area contributed by atoms with E-state index >= 15 is 0 Å². The molecule has 0 bridgehead atoms. The van der Waals surface area contributed by atoms with Crippen LogP contribution in [0.25, 0.3) is 0 Å². The minimum Gasteiger partial charge on any atom is -0.312 e. The van der Waals surface area contributed by atoms with Crippen molar-refractivity contribution in [3.63, 3.8) is 0 Å². The van der Waals surface area contributed by atoms with Gasteiger partial charge in [-0.2, -0.15) is 0 Å². The van der Waals surface area contributed by atoms with Gasteiger partial charge in [-0.1, -0.05) is 32.9 Å². The molecule has 0 heterocycles. The number of hydrogen-bond donors (Lipinski definition) is 0. The lowest BCUT2D eigenvalue weighted by Crippen LogP contribution is -1.99. The van der Waals surface area contributed by atoms with Crippen molar-refractivity contribution in [1.29, 1.82) is 0 Å². The molecule has 98 valence electrons. The third kappa shape index (κ3) is 9.76. The normalized spacial score (nSPS) is 8.71. The molecule has 0 aromatic heterocycles. The van der Waals surface area contributed by atoms with Gasteiger partial charge in [0.1, 0.15) is 6.29 Å². The Bertz CT molecular complexity index is 303. The molecule has 0 saturated heterocycles. The lowest BCUT2D eigenvalue weighted by atomic mass is 10.0. The highest BCUT2D eigenvalue weighted by atomic mass is 16.1. The van der Waals surface area contributed by atoms with Crippen LogP contribution in [0.2, 0.25) is 0 Å². The first-order valence-electron chi connectivity index (χ1n) is 6.16. The van der Waals surface area contributed by atoms with Crippen LogP contribution in [0.4, 0.5) is 0 Å². The Labute approximate surface area is 107 Å². The van der Waals surface area contributed by atoms with E-state index in [-0.39, 0.29) is 0 Å². The Kier molecular flexibility index (Phi) is 12.2. The number of nitrogens with zero attached hydrogens (tertiary/aromatic N) is 1. The van der Waals surface area contributed by atoms with Gasteiger partial charge in [-0.25, -0.2) is 0 Å². The second-order valence-electron chi connectivity index (χ2n) is 4.00. The van der Waals surface area contributed by atoms with Crippen LogP contribution >= 0.6 is 0 Å². The third-order valence-corrected chi connectivity index (χ3v) is 1.88. The van der Waals surface area contributed by atoms with E-state index in [1.54, 1.807) is 0 Å². The molecule has 1 aromatic carbocycles. The fourth-order valence-electron chi connectivity index (χ4n) is 1.04. The van der Waals surface area contributed by atoms with E-state index < -0.39 is 0 Å². The minimum atomic E-state index is 0.810. The van der Waals surface area contributed by atoms with Gasteiger partial charge in [0.2, 0.25) is 0 Å². The molecule has 0 N–H and O–H groups in total. The van der Waals surface area contributed by atoms with Crippen LogP contribution in [0.3, 0.4) is 0 Å². The number of benzene rings is 1. The summed E-state index contributed by atoms with van der Waals surface area (Å²) in [7, 11) is 6.00. The zero-order valence-electron chi connectivity index (χ0n) is 12.4. The lowest BCUT2D eigenvalue weighted by molar-refractivity contribution is 0.112. The van der Waals surface area contributed by atoms with Gasteiger partial charge in [0.05, 0.1) is 0 Å². The maximum atomic E-state index is 10.5. The van der Waals surface area contributed by atoms with Gasteiger partial charge < -0.3 is 4.90 Å². The summed E-state index contributed by atoms with van der Waals surface area (Å²) in [6.45, 7) is 8.03. The maximum Gasteiger partial charge on any atom is 0.150 e. The van der Waals surface area contributed by atoms with Gasteiger partial charge in [0, 0.05) is 5.56 Å². The standard InChI is InChI=1S/C10H12O.C3H9N.C2H6/c1-3-9-5-4-8(2)10(6-9)7-11;1-4(2)3;1-2/h4-7H,3H2,1-2H3;1-3H3;1-2H3. The van der Waals surface area contributed by atoms with Crippen molar-refractivity contribution >= 4 is 6.29 Å². The number of rotatable bonds is 2. The molecular weight excluding hydrogens is 210 g/mol. The monoisotopic (exact) mass is 237 g/mol. The maximum absolute atomic E-state index is 10.5. The van der Waals surface area contributed by atoms with Gasteiger partial charge in [-0.05, 0) is 51.7 Å². The van der Waals surface area contributed by atoms with Crippen LogP contribution in [-0.4, -0.2) is 32.3 Å². The van der Waals surface area contributed by atoms with Gasteiger partial charge in [0.25, 0.3) is 0 Å². The molecule has 0 spiro atoms. The summed E-state index contributed by atoms with van der Waals surface area (Å²) in [5, 5.41) is 0. The molecule has 1 aromatic rings. The predicted molar refractivity (Wildman–Crippen MR) is 76.9 cm³/mol. The summed E-state index contributed by atoms with van der Waals surface area (Å²) < 4.78 is 0. The van der Waals surface area contributed by atoms with Crippen molar-refractivity contribution in [2.75, 3.05) is 21.1 Å². The van der Waals surface area contributed by atoms with Gasteiger partial charge in [0.15, 0.2) is 0 Å². The highest BCUT2D eigenvalue weighted by molar-refractivity contribution is 5.77. The molecule has 17 heavy (non-hydrogen) atoms. The Morgan fingerprint density at radius 3 is 2.00 bits per heavy atom. The van der Waals surface area contributed by atoms with Crippen molar-refractivity contribution in [3.05, 3.63) is 34.9 Å². The highest BCUT2D eigenvalue weighted by Gasteiger charge is 1.96. The van der Waals surface area contributed by atoms with E-state index in [1.165, 1.54) is 5.56 Å². The average molecular weight is 237 g/mol. The fraction of sp³-hybridized carbons (Fsp3) is 0.533. The van der Waals surface area contributed by atoms with Gasteiger partial charge in [-0.3, -0.25) is 4.79 Å². The molecule has 0 aliphatic rings. The zero-order chi connectivity index (χ0) is 13.8. The molecule has 2 heteroatoms. The number of hydrogen-bond acceptors (Lipinski definition) is 2. The topological polar surface area (TPSA) is 20.3 Å². The first kappa shape index (κ1) is 18.2. The highest BCUT2D eigenvalue weighted by Crippen LogP contribution is 2.08. The largest absolute Gasteiger partial charge is 0.312 e. The third-order valence-electron chi connectivity index (χ3n) is 1.88. The van der Waals surface area contributed by atoms with Crippen LogP contribution in [0, 0.1) is 6.92 Å². The van der Waals surface area contributed by atoms with E-state index in [0.717, 1.165) is 23.8 Å². The lowest BCUT2D eigenvalue weighted by Gasteiger charge is -2.00. The molecule has 0 aliphatic carbocycles. The average Bonchev–Trinajstić information content (AvgIpc) is 2.31. The summed E-state index contributed by atoms with van der Waals surface area (Å²) in [5.74, 6) is 0. The van der Waals surface area contributed by atoms with Crippen molar-refractivity contribution in [3.8, 4) is 0 Å². The molecule has 0 aliphatic heterocycles. The van der Waals surface area contributed by atoms with Crippen molar-refractivity contribution in [1.82, 2.24) is 4.90 Å². The van der Waals surface area contributed by atoms with Crippen molar-refractivity contribution in [2.24, 2.45) is 0 Å². The van der Waals surface area contributed by atoms with Crippen LogP contribution in [0.1, 0.15) is 42.3 Å². The molecule has 0 radical (unpaired) electrons. The number of carbonyl (C=O) groups excluding carboxylic acids is 1. The van der Waals surface area contributed by atoms with E-state index in [1.807, 2.05) is 58.9 Å². The molecule has 1 rings (SSSR count). The van der Waals surface area contributed by atoms with E-state index in [2.05, 4.69) is 13.0 Å². The zero-order valence-corrected chi connectivity index (χ0v) is 12.4. The smallest absolute Gasteiger partial charge is 0.150 e. The van der Waals surface area contributed by atoms with E-state index in [9.17, 15) is 4.79 Å². The Balaban J connectivity index is 0. The molecule has 0 fully saturated rings. The van der Waals surface area contributed by atoms with Crippen LogP contribution in [-0.2, 0) is 6.42 Å². The number of carbonyl (C=O) groups is 1. The van der Waals surface area contributed by atoms with Gasteiger partial charge >= 0.3 is 0 Å². The quantitative estimate of drug-likeness (QED) is 0.733. The minimum absolute atomic E-state index is 0.810. The van der Waals surface area contributed by atoms with E-state index in [0.29, 0.717) is 0 Å². The molecule has 0 saturated carbocycles. The molecule has 0 amide bonds. The molecule has 0 atom stereocenters. The summed E-state index contributed by atoms with van der Waals surface area (Å²) in [5.41, 5.74) is 3.08. The SMILES string of the molecule is CC.CCc1ccc(C)c(C=O)c1.CN(C)C. The predicted octanol–water partition coefficient (Wildman–Crippen LogP) is 3.57. The van der Waals surface area contributed by atoms with Gasteiger partial charge in [-0.15, -0.1) is 0 Å². The fourth-order valence-corrected chi connectivity index (χ4v) is 1.04. The van der Waals surface area contributed by atoms with Crippen LogP contribution in [0.15, 0.2) is 18.2 Å². The first-order chi connectivity index (χ1) is 8.01. The molecular formula is C15H27NO. The van der Waals surface area contributed by atoms with Crippen molar-refractivity contribution in [2.45, 2.75) is 34.1 Å². The summed E-state index contributed by atoms with van der Waals surface area (Å²) in [6.07, 6.45) is 1.90. The Morgan fingerprint density at radius 1 is 1.18 bits per heavy atom. The summed E-state index contributed by atoms with van der Waals surface area (Å²) in [4.78, 5) is 12.5. The first-order valence-corrected chi connectivity index (χ1v) is 6.16. The second-order valence-corrected chi connectivity index (χ2v) is 4.00.